The van der Waals surface area contributed by atoms with Crippen LogP contribution in [0.15, 0.2) is 18.2 Å². The number of benzene rings is 1. The number of fused-ring (bicyclic) bond motifs is 4. The third kappa shape index (κ3) is 2.24. The van der Waals surface area contributed by atoms with Crippen molar-refractivity contribution >= 4 is 46.4 Å². The molecule has 0 radical (unpaired) electrons. The van der Waals surface area contributed by atoms with Gasteiger partial charge in [-0.2, -0.15) is 0 Å². The van der Waals surface area contributed by atoms with Crippen LogP contribution in [-0.4, -0.2) is 40.5 Å². The highest BCUT2D eigenvalue weighted by molar-refractivity contribution is 7.80. The minimum absolute atomic E-state index is 0.0602. The molecule has 7 heteroatoms. The normalized spacial score (nSPS) is 28.9. The maximum absolute atomic E-state index is 13.7. The van der Waals surface area contributed by atoms with E-state index >= 15 is 0 Å². The van der Waals surface area contributed by atoms with Crippen LogP contribution < -0.4 is 10.2 Å². The molecule has 3 heterocycles. The number of hydrogen-bond donors (Lipinski definition) is 1. The summed E-state index contributed by atoms with van der Waals surface area (Å²) < 4.78 is 0. The number of carbonyl (C=O) groups excluding carboxylic acids is 2. The first kappa shape index (κ1) is 17.7. The van der Waals surface area contributed by atoms with Crippen molar-refractivity contribution in [3.05, 3.63) is 28.8 Å². The lowest BCUT2D eigenvalue weighted by atomic mass is 9.68. The molecule has 1 N–H and O–H groups in total. The number of halogens is 1. The molecule has 1 aromatic carbocycles. The van der Waals surface area contributed by atoms with E-state index < -0.39 is 5.41 Å². The predicted molar refractivity (Wildman–Crippen MR) is 105 cm³/mol. The van der Waals surface area contributed by atoms with E-state index in [4.69, 9.17) is 23.8 Å². The van der Waals surface area contributed by atoms with Gasteiger partial charge in [0.05, 0.1) is 6.04 Å². The second-order valence-electron chi connectivity index (χ2n) is 7.43. The summed E-state index contributed by atoms with van der Waals surface area (Å²) in [6, 6.07) is 5.57. The molecule has 3 aliphatic heterocycles. The van der Waals surface area contributed by atoms with E-state index in [1.54, 1.807) is 4.90 Å². The van der Waals surface area contributed by atoms with Crippen LogP contribution in [0.25, 0.3) is 0 Å². The minimum Gasteiger partial charge on any atom is -0.367 e. The highest BCUT2D eigenvalue weighted by atomic mass is 35.5. The molecular formula is C19H22ClN3O2S. The Labute approximate surface area is 163 Å². The van der Waals surface area contributed by atoms with Crippen molar-refractivity contribution in [1.29, 1.82) is 0 Å². The Kier molecular flexibility index (Phi) is 4.23. The van der Waals surface area contributed by atoms with Crippen LogP contribution in [0.2, 0.25) is 5.02 Å². The van der Waals surface area contributed by atoms with Crippen molar-refractivity contribution in [2.45, 2.75) is 51.6 Å². The molecular weight excluding hydrogens is 370 g/mol. The van der Waals surface area contributed by atoms with E-state index in [0.29, 0.717) is 11.4 Å². The molecule has 4 rings (SSSR count). The fourth-order valence-electron chi connectivity index (χ4n) is 4.66. The van der Waals surface area contributed by atoms with E-state index in [1.165, 1.54) is 0 Å². The van der Waals surface area contributed by atoms with Crippen molar-refractivity contribution in [2.75, 3.05) is 11.4 Å². The molecule has 3 atom stereocenters. The maximum atomic E-state index is 13.7. The summed E-state index contributed by atoms with van der Waals surface area (Å²) in [6.45, 7) is 4.80. The van der Waals surface area contributed by atoms with Crippen molar-refractivity contribution in [3.8, 4) is 0 Å². The number of nitrogens with one attached hydrogen (secondary N) is 1. The first-order valence-electron chi connectivity index (χ1n) is 9.15. The van der Waals surface area contributed by atoms with Crippen molar-refractivity contribution < 1.29 is 9.59 Å². The quantitative estimate of drug-likeness (QED) is 0.622. The van der Waals surface area contributed by atoms with Crippen molar-refractivity contribution in [3.63, 3.8) is 0 Å². The highest BCUT2D eigenvalue weighted by Gasteiger charge is 2.62. The molecule has 2 saturated heterocycles. The number of rotatable bonds is 2. The molecule has 2 amide bonds. The smallest absolute Gasteiger partial charge is 0.247 e. The van der Waals surface area contributed by atoms with Crippen LogP contribution in [0.1, 0.15) is 38.7 Å². The second-order valence-corrected chi connectivity index (χ2v) is 8.22. The van der Waals surface area contributed by atoms with E-state index in [-0.39, 0.29) is 29.0 Å². The van der Waals surface area contributed by atoms with Gasteiger partial charge in [0.25, 0.3) is 0 Å². The molecule has 138 valence electrons. The summed E-state index contributed by atoms with van der Waals surface area (Å²) in [5.41, 5.74) is 0.766. The number of amides is 2. The van der Waals surface area contributed by atoms with Crippen LogP contribution in [0, 0.1) is 5.41 Å². The van der Waals surface area contributed by atoms with E-state index in [2.05, 4.69) is 10.2 Å². The number of anilines is 1. The van der Waals surface area contributed by atoms with Gasteiger partial charge in [-0.25, -0.2) is 0 Å². The van der Waals surface area contributed by atoms with Gasteiger partial charge >= 0.3 is 0 Å². The van der Waals surface area contributed by atoms with Crippen LogP contribution in [0.5, 0.6) is 0 Å². The summed E-state index contributed by atoms with van der Waals surface area (Å²) in [5.74, 6) is -0.461. The molecule has 1 aromatic rings. The van der Waals surface area contributed by atoms with Gasteiger partial charge < -0.3 is 10.2 Å². The van der Waals surface area contributed by atoms with Crippen LogP contribution >= 0.6 is 23.8 Å². The average Bonchev–Trinajstić information content (AvgIpc) is 3.10. The van der Waals surface area contributed by atoms with E-state index in [1.807, 2.05) is 32.0 Å². The zero-order valence-corrected chi connectivity index (χ0v) is 16.5. The van der Waals surface area contributed by atoms with Gasteiger partial charge in [-0.3, -0.25) is 14.5 Å². The Morgan fingerprint density at radius 1 is 1.42 bits per heavy atom. The molecule has 0 aliphatic carbocycles. The Morgan fingerprint density at radius 2 is 2.19 bits per heavy atom. The van der Waals surface area contributed by atoms with Crippen LogP contribution in [-0.2, 0) is 16.0 Å². The van der Waals surface area contributed by atoms with Gasteiger partial charge in [0.15, 0.2) is 10.5 Å². The molecule has 0 unspecified atom stereocenters. The lowest BCUT2D eigenvalue weighted by molar-refractivity contribution is -0.153. The zero-order valence-electron chi connectivity index (χ0n) is 14.9. The topological polar surface area (TPSA) is 52.7 Å². The fraction of sp³-hybridized carbons (Fsp3) is 0.526. The minimum atomic E-state index is -1.17. The Bertz CT molecular complexity index is 814. The standard InChI is InChI=1S/C19H22ClN3O2S/c1-3-11(2)23-17(25)19(16(24)21-18(23)26)10-12-13(20)6-4-7-14(12)22-9-5-8-15(19)22/h4,6-7,11,15H,3,5,8-10H2,1-2H3,(H,21,24,26)/t11-,15-,19-/m1/s1. The van der Waals surface area contributed by atoms with Crippen LogP contribution in [0.4, 0.5) is 5.69 Å². The lowest BCUT2D eigenvalue weighted by Crippen LogP contribution is -2.72. The summed E-state index contributed by atoms with van der Waals surface area (Å²) in [6.07, 6.45) is 2.85. The number of hydrogen-bond acceptors (Lipinski definition) is 4. The number of carbonyl (C=O) groups is 2. The summed E-state index contributed by atoms with van der Waals surface area (Å²) in [4.78, 5) is 30.7. The van der Waals surface area contributed by atoms with Crippen molar-refractivity contribution in [1.82, 2.24) is 10.2 Å². The summed E-state index contributed by atoms with van der Waals surface area (Å²) in [5, 5.41) is 3.65. The predicted octanol–water partition coefficient (Wildman–Crippen LogP) is 2.89. The van der Waals surface area contributed by atoms with Gasteiger partial charge in [0.2, 0.25) is 11.8 Å². The Hall–Kier alpha value is -1.66. The molecule has 26 heavy (non-hydrogen) atoms. The molecule has 1 spiro atoms. The van der Waals surface area contributed by atoms with Crippen LogP contribution in [0.3, 0.4) is 0 Å². The van der Waals surface area contributed by atoms with E-state index in [9.17, 15) is 9.59 Å². The third-order valence-corrected chi connectivity index (χ3v) is 6.81. The molecule has 0 aromatic heterocycles. The van der Waals surface area contributed by atoms with Gasteiger partial charge in [0.1, 0.15) is 0 Å². The van der Waals surface area contributed by atoms with Crippen molar-refractivity contribution in [2.24, 2.45) is 5.41 Å². The van der Waals surface area contributed by atoms with E-state index in [0.717, 1.165) is 37.1 Å². The fourth-order valence-corrected chi connectivity index (χ4v) is 5.25. The molecule has 0 bridgehead atoms. The van der Waals surface area contributed by atoms with Gasteiger partial charge in [-0.15, -0.1) is 0 Å². The summed E-state index contributed by atoms with van der Waals surface area (Å²) in [7, 11) is 0. The monoisotopic (exact) mass is 391 g/mol. The molecule has 0 saturated carbocycles. The van der Waals surface area contributed by atoms with Gasteiger partial charge in [0, 0.05) is 29.7 Å². The highest BCUT2D eigenvalue weighted by Crippen LogP contribution is 2.50. The third-order valence-electron chi connectivity index (χ3n) is 6.16. The van der Waals surface area contributed by atoms with Gasteiger partial charge in [-0.05, 0) is 56.1 Å². The molecule has 3 aliphatic rings. The lowest BCUT2D eigenvalue weighted by Gasteiger charge is -2.51. The molecule has 2 fully saturated rings. The Morgan fingerprint density at radius 3 is 2.92 bits per heavy atom. The van der Waals surface area contributed by atoms with Gasteiger partial charge in [-0.1, -0.05) is 24.6 Å². The maximum Gasteiger partial charge on any atom is 0.247 e. The second kappa shape index (κ2) is 6.20. The largest absolute Gasteiger partial charge is 0.367 e. The average molecular weight is 392 g/mol. The first-order chi connectivity index (χ1) is 12.4. The Balaban J connectivity index is 1.88. The number of nitrogens with zero attached hydrogens (tertiary/aromatic N) is 2. The number of thiocarbonyl (C=S) groups is 1. The first-order valence-corrected chi connectivity index (χ1v) is 9.93. The summed E-state index contributed by atoms with van der Waals surface area (Å²) >= 11 is 11.8. The SMILES string of the molecule is CC[C@@H](C)N1C(=O)[C@@]2(Cc3c(Cl)cccc3N3CCC[C@@H]32)C(=O)NC1=S. The zero-order chi connectivity index (χ0) is 18.6. The molecule has 5 nitrogen and oxygen atoms in total.